The zero-order valence-electron chi connectivity index (χ0n) is 13.2. The van der Waals surface area contributed by atoms with E-state index in [-0.39, 0.29) is 17.1 Å². The molecule has 21 heavy (non-hydrogen) atoms. The molecule has 1 fully saturated rings. The van der Waals surface area contributed by atoms with E-state index in [0.717, 1.165) is 18.7 Å². The molecule has 1 aromatic carbocycles. The second-order valence-electron chi connectivity index (χ2n) is 6.39. The van der Waals surface area contributed by atoms with Gasteiger partial charge in [0.25, 0.3) is 0 Å². The number of benzene rings is 1. The first kappa shape index (κ1) is 16.2. The molecule has 1 heterocycles. The van der Waals surface area contributed by atoms with E-state index in [1.807, 2.05) is 6.07 Å². The molecule has 0 bridgehead atoms. The van der Waals surface area contributed by atoms with Crippen molar-refractivity contribution in [2.45, 2.75) is 51.2 Å². The van der Waals surface area contributed by atoms with Crippen molar-refractivity contribution in [3.8, 4) is 5.75 Å². The van der Waals surface area contributed by atoms with Crippen molar-refractivity contribution in [3.05, 3.63) is 29.6 Å². The Kier molecular flexibility index (Phi) is 5.22. The van der Waals surface area contributed by atoms with Gasteiger partial charge in [-0.3, -0.25) is 4.90 Å². The van der Waals surface area contributed by atoms with E-state index in [2.05, 4.69) is 18.7 Å². The predicted octanol–water partition coefficient (Wildman–Crippen LogP) is 3.00. The molecule has 0 amide bonds. The first-order valence-electron chi connectivity index (χ1n) is 7.70. The molecule has 0 saturated carbocycles. The zero-order valence-corrected chi connectivity index (χ0v) is 13.2. The third-order valence-corrected chi connectivity index (χ3v) is 4.63. The number of ether oxygens (including phenoxy) is 1. The lowest BCUT2D eigenvalue weighted by Gasteiger charge is -2.44. The molecule has 2 rings (SSSR count). The van der Waals surface area contributed by atoms with Crippen LogP contribution in [0.1, 0.15) is 38.7 Å². The fourth-order valence-corrected chi connectivity index (χ4v) is 2.99. The fraction of sp³-hybridized carbons (Fsp3) is 0.647. The molecule has 3 nitrogen and oxygen atoms in total. The Hall–Kier alpha value is -1.13. The molecule has 4 heteroatoms. The van der Waals surface area contributed by atoms with Crippen molar-refractivity contribution in [1.29, 1.82) is 0 Å². The molecule has 1 saturated heterocycles. The second kappa shape index (κ2) is 6.75. The minimum atomic E-state index is -0.525. The smallest absolute Gasteiger partial charge is 0.165 e. The van der Waals surface area contributed by atoms with Gasteiger partial charge in [0, 0.05) is 12.0 Å². The van der Waals surface area contributed by atoms with Gasteiger partial charge in [0.05, 0.1) is 13.2 Å². The van der Waals surface area contributed by atoms with Gasteiger partial charge in [-0.1, -0.05) is 12.5 Å². The number of piperidine rings is 1. The number of likely N-dealkylation sites (tertiary alicyclic amines) is 1. The Morgan fingerprint density at radius 3 is 2.52 bits per heavy atom. The van der Waals surface area contributed by atoms with Crippen LogP contribution < -0.4 is 4.74 Å². The standard InChI is InChI=1S/C17H26FNO2/c1-17(2,19-9-5-4-6-10-19)16(20)12-13-7-8-15(21-3)14(18)11-13/h7-8,11,16,20H,4-6,9-10,12H2,1-3H3. The highest BCUT2D eigenvalue weighted by molar-refractivity contribution is 5.29. The minimum Gasteiger partial charge on any atom is -0.494 e. The van der Waals surface area contributed by atoms with Crippen LogP contribution >= 0.6 is 0 Å². The number of hydrogen-bond acceptors (Lipinski definition) is 3. The van der Waals surface area contributed by atoms with Gasteiger partial charge in [0.15, 0.2) is 11.6 Å². The van der Waals surface area contributed by atoms with Gasteiger partial charge < -0.3 is 9.84 Å². The molecule has 1 aliphatic rings. The van der Waals surface area contributed by atoms with Crippen LogP contribution in [0.2, 0.25) is 0 Å². The third-order valence-electron chi connectivity index (χ3n) is 4.63. The van der Waals surface area contributed by atoms with E-state index >= 15 is 0 Å². The lowest BCUT2D eigenvalue weighted by Crippen LogP contribution is -2.54. The Bertz CT molecular complexity index is 470. The normalized spacial score (nSPS) is 18.5. The minimum absolute atomic E-state index is 0.239. The van der Waals surface area contributed by atoms with E-state index in [4.69, 9.17) is 4.74 Å². The summed E-state index contributed by atoms with van der Waals surface area (Å²) in [6, 6.07) is 4.89. The summed E-state index contributed by atoms with van der Waals surface area (Å²) in [5.41, 5.74) is 0.502. The van der Waals surface area contributed by atoms with E-state index in [1.54, 1.807) is 6.07 Å². The molecule has 0 aliphatic carbocycles. The number of aliphatic hydroxyl groups excluding tert-OH is 1. The van der Waals surface area contributed by atoms with Gasteiger partial charge in [-0.15, -0.1) is 0 Å². The number of halogens is 1. The van der Waals surface area contributed by atoms with Crippen molar-refractivity contribution in [1.82, 2.24) is 4.90 Å². The summed E-state index contributed by atoms with van der Waals surface area (Å²) < 4.78 is 18.7. The summed E-state index contributed by atoms with van der Waals surface area (Å²) >= 11 is 0. The van der Waals surface area contributed by atoms with Crippen LogP contribution in [-0.2, 0) is 6.42 Å². The van der Waals surface area contributed by atoms with Crippen LogP contribution in [0.3, 0.4) is 0 Å². The monoisotopic (exact) mass is 295 g/mol. The number of hydrogen-bond donors (Lipinski definition) is 1. The largest absolute Gasteiger partial charge is 0.494 e. The van der Waals surface area contributed by atoms with Crippen LogP contribution in [0.15, 0.2) is 18.2 Å². The first-order chi connectivity index (χ1) is 9.95. The van der Waals surface area contributed by atoms with Gasteiger partial charge in [0.2, 0.25) is 0 Å². The molecule has 118 valence electrons. The summed E-state index contributed by atoms with van der Waals surface area (Å²) in [5, 5.41) is 10.6. The molecule has 1 aliphatic heterocycles. The number of nitrogens with zero attached hydrogens (tertiary/aromatic N) is 1. The molecular formula is C17H26FNO2. The highest BCUT2D eigenvalue weighted by Gasteiger charge is 2.34. The lowest BCUT2D eigenvalue weighted by molar-refractivity contribution is -0.0187. The third kappa shape index (κ3) is 3.74. The number of methoxy groups -OCH3 is 1. The molecule has 0 spiro atoms. The van der Waals surface area contributed by atoms with Crippen molar-refractivity contribution < 1.29 is 14.2 Å². The highest BCUT2D eigenvalue weighted by atomic mass is 19.1. The van der Waals surface area contributed by atoms with Crippen LogP contribution in [0.5, 0.6) is 5.75 Å². The summed E-state index contributed by atoms with van der Waals surface area (Å²) in [6.45, 7) is 6.20. The Labute approximate surface area is 126 Å². The van der Waals surface area contributed by atoms with Crippen LogP contribution in [0.4, 0.5) is 4.39 Å². The quantitative estimate of drug-likeness (QED) is 0.906. The van der Waals surface area contributed by atoms with E-state index in [0.29, 0.717) is 6.42 Å². The molecule has 1 aromatic rings. The average molecular weight is 295 g/mol. The van der Waals surface area contributed by atoms with E-state index < -0.39 is 6.10 Å². The van der Waals surface area contributed by atoms with Crippen molar-refractivity contribution >= 4 is 0 Å². The number of rotatable bonds is 5. The summed E-state index contributed by atoms with van der Waals surface area (Å²) in [5.74, 6) is -0.137. The fourth-order valence-electron chi connectivity index (χ4n) is 2.99. The maximum absolute atomic E-state index is 13.7. The first-order valence-corrected chi connectivity index (χ1v) is 7.70. The van der Waals surface area contributed by atoms with Gasteiger partial charge >= 0.3 is 0 Å². The van der Waals surface area contributed by atoms with Crippen LogP contribution in [0, 0.1) is 5.82 Å². The molecule has 0 aromatic heterocycles. The molecule has 1 N–H and O–H groups in total. The Morgan fingerprint density at radius 1 is 1.29 bits per heavy atom. The summed E-state index contributed by atoms with van der Waals surface area (Å²) in [4.78, 5) is 2.35. The molecule has 1 unspecified atom stereocenters. The second-order valence-corrected chi connectivity index (χ2v) is 6.39. The van der Waals surface area contributed by atoms with Gasteiger partial charge in [-0.2, -0.15) is 0 Å². The van der Waals surface area contributed by atoms with E-state index in [9.17, 15) is 9.50 Å². The van der Waals surface area contributed by atoms with Crippen LogP contribution in [0.25, 0.3) is 0 Å². The number of aliphatic hydroxyl groups is 1. The Morgan fingerprint density at radius 2 is 1.95 bits per heavy atom. The van der Waals surface area contributed by atoms with Crippen molar-refractivity contribution in [3.63, 3.8) is 0 Å². The maximum atomic E-state index is 13.7. The van der Waals surface area contributed by atoms with Crippen molar-refractivity contribution in [2.75, 3.05) is 20.2 Å². The summed E-state index contributed by atoms with van der Waals surface area (Å²) in [6.07, 6.45) is 3.57. The maximum Gasteiger partial charge on any atom is 0.165 e. The average Bonchev–Trinajstić information content (AvgIpc) is 2.48. The van der Waals surface area contributed by atoms with E-state index in [1.165, 1.54) is 32.4 Å². The lowest BCUT2D eigenvalue weighted by atomic mass is 9.88. The summed E-state index contributed by atoms with van der Waals surface area (Å²) in [7, 11) is 1.45. The highest BCUT2D eigenvalue weighted by Crippen LogP contribution is 2.27. The topological polar surface area (TPSA) is 32.7 Å². The predicted molar refractivity (Wildman–Crippen MR) is 82.2 cm³/mol. The van der Waals surface area contributed by atoms with Crippen molar-refractivity contribution in [2.24, 2.45) is 0 Å². The Balaban J connectivity index is 2.05. The zero-order chi connectivity index (χ0) is 15.5. The molecule has 0 radical (unpaired) electrons. The van der Waals surface area contributed by atoms with Gasteiger partial charge in [0.1, 0.15) is 0 Å². The molecular weight excluding hydrogens is 269 g/mol. The van der Waals surface area contributed by atoms with Gasteiger partial charge in [-0.05, 0) is 57.5 Å². The van der Waals surface area contributed by atoms with Crippen LogP contribution in [-0.4, -0.2) is 41.8 Å². The molecule has 1 atom stereocenters. The SMILES string of the molecule is COc1ccc(CC(O)C(C)(C)N2CCCCC2)cc1F. The van der Waals surface area contributed by atoms with Gasteiger partial charge in [-0.25, -0.2) is 4.39 Å².